The molecule has 17 heavy (non-hydrogen) atoms. The zero-order valence-electron chi connectivity index (χ0n) is 11.2. The van der Waals surface area contributed by atoms with E-state index in [1.807, 2.05) is 52.1 Å². The SMILES string of the molecule is COc1ccccc1C(C)N(C)C(=O)C(C)C. The molecule has 1 atom stereocenters. The van der Waals surface area contributed by atoms with E-state index < -0.39 is 0 Å². The molecule has 1 unspecified atom stereocenters. The molecule has 1 rings (SSSR count). The highest BCUT2D eigenvalue weighted by Crippen LogP contribution is 2.28. The Balaban J connectivity index is 2.96. The zero-order valence-corrected chi connectivity index (χ0v) is 11.2. The summed E-state index contributed by atoms with van der Waals surface area (Å²) in [7, 11) is 3.48. The van der Waals surface area contributed by atoms with Gasteiger partial charge < -0.3 is 9.64 Å². The van der Waals surface area contributed by atoms with Crippen molar-refractivity contribution in [2.45, 2.75) is 26.8 Å². The number of hydrogen-bond donors (Lipinski definition) is 0. The molecule has 0 saturated carbocycles. The fraction of sp³-hybridized carbons (Fsp3) is 0.500. The molecule has 0 heterocycles. The summed E-state index contributed by atoms with van der Waals surface area (Å²) in [6, 6.07) is 7.81. The van der Waals surface area contributed by atoms with Crippen molar-refractivity contribution in [1.29, 1.82) is 0 Å². The van der Waals surface area contributed by atoms with Crippen molar-refractivity contribution < 1.29 is 9.53 Å². The number of benzene rings is 1. The zero-order chi connectivity index (χ0) is 13.0. The molecule has 0 aliphatic rings. The highest BCUT2D eigenvalue weighted by atomic mass is 16.5. The van der Waals surface area contributed by atoms with Gasteiger partial charge in [-0.15, -0.1) is 0 Å². The van der Waals surface area contributed by atoms with Crippen LogP contribution >= 0.6 is 0 Å². The van der Waals surface area contributed by atoms with Gasteiger partial charge in [-0.05, 0) is 13.0 Å². The van der Waals surface area contributed by atoms with Gasteiger partial charge in [0.05, 0.1) is 13.2 Å². The van der Waals surface area contributed by atoms with Crippen LogP contribution in [0.2, 0.25) is 0 Å². The number of hydrogen-bond acceptors (Lipinski definition) is 2. The van der Waals surface area contributed by atoms with Crippen LogP contribution in [0.15, 0.2) is 24.3 Å². The Morgan fingerprint density at radius 2 is 1.82 bits per heavy atom. The number of carbonyl (C=O) groups excluding carboxylic acids is 1. The molecule has 94 valence electrons. The number of ether oxygens (including phenoxy) is 1. The normalized spacial score (nSPS) is 12.4. The summed E-state index contributed by atoms with van der Waals surface area (Å²) in [5, 5.41) is 0. The molecule has 3 heteroatoms. The number of methoxy groups -OCH3 is 1. The van der Waals surface area contributed by atoms with Crippen LogP contribution in [-0.4, -0.2) is 25.0 Å². The van der Waals surface area contributed by atoms with Crippen molar-refractivity contribution >= 4 is 5.91 Å². The van der Waals surface area contributed by atoms with E-state index in [1.54, 1.807) is 12.0 Å². The lowest BCUT2D eigenvalue weighted by atomic mass is 10.0. The first-order valence-corrected chi connectivity index (χ1v) is 5.88. The van der Waals surface area contributed by atoms with E-state index in [-0.39, 0.29) is 17.9 Å². The molecule has 0 bridgehead atoms. The summed E-state index contributed by atoms with van der Waals surface area (Å²) >= 11 is 0. The van der Waals surface area contributed by atoms with E-state index in [1.165, 1.54) is 0 Å². The lowest BCUT2D eigenvalue weighted by molar-refractivity contribution is -0.135. The molecular weight excluding hydrogens is 214 g/mol. The predicted molar refractivity (Wildman–Crippen MR) is 69.0 cm³/mol. The van der Waals surface area contributed by atoms with Crippen molar-refractivity contribution in [2.24, 2.45) is 5.92 Å². The Hall–Kier alpha value is -1.51. The third-order valence-electron chi connectivity index (χ3n) is 3.01. The van der Waals surface area contributed by atoms with Gasteiger partial charge in [0, 0.05) is 18.5 Å². The number of nitrogens with zero attached hydrogens (tertiary/aromatic N) is 1. The van der Waals surface area contributed by atoms with E-state index in [4.69, 9.17) is 4.74 Å². The minimum atomic E-state index is 0.0113. The van der Waals surface area contributed by atoms with Gasteiger partial charge in [0.25, 0.3) is 0 Å². The third kappa shape index (κ3) is 2.99. The van der Waals surface area contributed by atoms with Gasteiger partial charge in [0.2, 0.25) is 5.91 Å². The van der Waals surface area contributed by atoms with Crippen molar-refractivity contribution in [3.05, 3.63) is 29.8 Å². The molecule has 1 aromatic carbocycles. The molecule has 0 radical (unpaired) electrons. The molecule has 3 nitrogen and oxygen atoms in total. The van der Waals surface area contributed by atoms with Gasteiger partial charge in [-0.2, -0.15) is 0 Å². The lowest BCUT2D eigenvalue weighted by Gasteiger charge is -2.28. The predicted octanol–water partition coefficient (Wildman–Crippen LogP) is 2.87. The Bertz CT molecular complexity index is 388. The second kappa shape index (κ2) is 5.71. The van der Waals surface area contributed by atoms with Gasteiger partial charge in [-0.25, -0.2) is 0 Å². The first kappa shape index (κ1) is 13.6. The van der Waals surface area contributed by atoms with Crippen LogP contribution in [0.1, 0.15) is 32.4 Å². The standard InChI is InChI=1S/C14H21NO2/c1-10(2)14(16)15(4)11(3)12-8-6-7-9-13(12)17-5/h6-11H,1-5H3. The van der Waals surface area contributed by atoms with Gasteiger partial charge in [0.1, 0.15) is 5.75 Å². The minimum absolute atomic E-state index is 0.0113. The summed E-state index contributed by atoms with van der Waals surface area (Å²) in [6.45, 7) is 5.83. The number of para-hydroxylation sites is 1. The molecule has 0 aliphatic carbocycles. The van der Waals surface area contributed by atoms with Crippen LogP contribution in [0.3, 0.4) is 0 Å². The smallest absolute Gasteiger partial charge is 0.225 e. The van der Waals surface area contributed by atoms with Crippen LogP contribution in [0.25, 0.3) is 0 Å². The minimum Gasteiger partial charge on any atom is -0.496 e. The van der Waals surface area contributed by atoms with Gasteiger partial charge >= 0.3 is 0 Å². The maximum Gasteiger partial charge on any atom is 0.225 e. The third-order valence-corrected chi connectivity index (χ3v) is 3.01. The second-order valence-corrected chi connectivity index (χ2v) is 4.52. The average Bonchev–Trinajstić information content (AvgIpc) is 2.35. The summed E-state index contributed by atoms with van der Waals surface area (Å²) in [4.78, 5) is 13.7. The molecular formula is C14H21NO2. The fourth-order valence-corrected chi connectivity index (χ4v) is 1.82. The van der Waals surface area contributed by atoms with Gasteiger partial charge in [-0.1, -0.05) is 32.0 Å². The molecule has 1 aromatic rings. The van der Waals surface area contributed by atoms with E-state index >= 15 is 0 Å². The lowest BCUT2D eigenvalue weighted by Crippen LogP contribution is -2.33. The van der Waals surface area contributed by atoms with Gasteiger partial charge in [0.15, 0.2) is 0 Å². The maximum atomic E-state index is 11.9. The molecule has 0 spiro atoms. The largest absolute Gasteiger partial charge is 0.496 e. The topological polar surface area (TPSA) is 29.5 Å². The van der Waals surface area contributed by atoms with Crippen molar-refractivity contribution in [1.82, 2.24) is 4.90 Å². The Morgan fingerprint density at radius 1 is 1.24 bits per heavy atom. The number of rotatable bonds is 4. The monoisotopic (exact) mass is 235 g/mol. The molecule has 0 N–H and O–H groups in total. The van der Waals surface area contributed by atoms with E-state index in [9.17, 15) is 4.79 Å². The van der Waals surface area contributed by atoms with Crippen molar-refractivity contribution in [2.75, 3.05) is 14.2 Å². The summed E-state index contributed by atoms with van der Waals surface area (Å²) in [6.07, 6.45) is 0. The number of carbonyl (C=O) groups is 1. The molecule has 1 amide bonds. The van der Waals surface area contributed by atoms with Crippen molar-refractivity contribution in [3.63, 3.8) is 0 Å². The van der Waals surface area contributed by atoms with Crippen LogP contribution in [0.5, 0.6) is 5.75 Å². The fourth-order valence-electron chi connectivity index (χ4n) is 1.82. The maximum absolute atomic E-state index is 11.9. The number of amides is 1. The molecule has 0 saturated heterocycles. The Kier molecular flexibility index (Phi) is 4.55. The Labute approximate surface area is 103 Å². The van der Waals surface area contributed by atoms with Crippen LogP contribution in [-0.2, 0) is 4.79 Å². The average molecular weight is 235 g/mol. The van der Waals surface area contributed by atoms with Gasteiger partial charge in [-0.3, -0.25) is 4.79 Å². The van der Waals surface area contributed by atoms with E-state index in [0.717, 1.165) is 11.3 Å². The van der Waals surface area contributed by atoms with Crippen LogP contribution < -0.4 is 4.74 Å². The van der Waals surface area contributed by atoms with E-state index in [2.05, 4.69) is 0 Å². The Morgan fingerprint density at radius 3 is 2.35 bits per heavy atom. The van der Waals surface area contributed by atoms with Crippen LogP contribution in [0, 0.1) is 5.92 Å². The molecule has 0 aliphatic heterocycles. The summed E-state index contributed by atoms with van der Waals surface area (Å²) in [5.41, 5.74) is 1.03. The van der Waals surface area contributed by atoms with Crippen molar-refractivity contribution in [3.8, 4) is 5.75 Å². The first-order chi connectivity index (χ1) is 7.99. The van der Waals surface area contributed by atoms with E-state index in [0.29, 0.717) is 0 Å². The van der Waals surface area contributed by atoms with Crippen LogP contribution in [0.4, 0.5) is 0 Å². The quantitative estimate of drug-likeness (QED) is 0.803. The summed E-state index contributed by atoms with van der Waals surface area (Å²) < 4.78 is 5.32. The molecule has 0 fully saturated rings. The first-order valence-electron chi connectivity index (χ1n) is 5.88. The second-order valence-electron chi connectivity index (χ2n) is 4.52. The summed E-state index contributed by atoms with van der Waals surface area (Å²) in [5.74, 6) is 0.976. The highest BCUT2D eigenvalue weighted by molar-refractivity contribution is 5.78. The molecule has 0 aromatic heterocycles. The highest BCUT2D eigenvalue weighted by Gasteiger charge is 2.21.